The van der Waals surface area contributed by atoms with Gasteiger partial charge in [0, 0.05) is 26.6 Å². The van der Waals surface area contributed by atoms with Crippen molar-refractivity contribution in [2.45, 2.75) is 13.3 Å². The number of hydrogen-bond acceptors (Lipinski definition) is 7. The van der Waals surface area contributed by atoms with Gasteiger partial charge in [0.15, 0.2) is 17.3 Å². The number of ether oxygens (including phenoxy) is 2. The fourth-order valence-electron chi connectivity index (χ4n) is 2.92. The molecule has 0 unspecified atom stereocenters. The lowest BCUT2D eigenvalue weighted by Gasteiger charge is -2.26. The van der Waals surface area contributed by atoms with Crippen LogP contribution in [0.2, 0.25) is 0 Å². The third-order valence-electron chi connectivity index (χ3n) is 4.37. The van der Waals surface area contributed by atoms with Crippen molar-refractivity contribution in [2.24, 2.45) is 0 Å². The van der Waals surface area contributed by atoms with Gasteiger partial charge < -0.3 is 14.8 Å². The first-order valence-electron chi connectivity index (χ1n) is 8.84. The Kier molecular flexibility index (Phi) is 6.19. The Morgan fingerprint density at radius 3 is 2.65 bits per heavy atom. The predicted molar refractivity (Wildman–Crippen MR) is 98.3 cm³/mol. The number of aromatic nitrogens is 3. The number of hydrogen-bond donors (Lipinski definition) is 1. The standard InChI is InChI=1S/C18H25N5O3/c1-14(24)17-18(19-8-3-9-22-10-12-26-13-11-22)23(21-20-17)15-4-6-16(25-2)7-5-15/h4-7,19H,3,8-13H2,1-2H3. The van der Waals surface area contributed by atoms with Gasteiger partial charge in [-0.05, 0) is 37.2 Å². The summed E-state index contributed by atoms with van der Waals surface area (Å²) in [6.07, 6.45) is 0.963. The maximum absolute atomic E-state index is 11.9. The van der Waals surface area contributed by atoms with E-state index in [0.717, 1.165) is 57.3 Å². The minimum absolute atomic E-state index is 0.111. The number of rotatable bonds is 8. The number of Topliss-reactive ketones (excluding diaryl/α,β-unsaturated/α-hetero) is 1. The molecule has 1 N–H and O–H groups in total. The van der Waals surface area contributed by atoms with E-state index in [4.69, 9.17) is 9.47 Å². The first-order chi connectivity index (χ1) is 12.7. The number of nitrogens with one attached hydrogen (secondary N) is 1. The van der Waals surface area contributed by atoms with Gasteiger partial charge in [-0.15, -0.1) is 5.10 Å². The van der Waals surface area contributed by atoms with Gasteiger partial charge in [0.2, 0.25) is 0 Å². The van der Waals surface area contributed by atoms with Crippen LogP contribution in [-0.4, -0.2) is 72.2 Å². The van der Waals surface area contributed by atoms with Gasteiger partial charge in [-0.2, -0.15) is 4.68 Å². The summed E-state index contributed by atoms with van der Waals surface area (Å²) in [7, 11) is 1.62. The number of morpholine rings is 1. The van der Waals surface area contributed by atoms with Crippen LogP contribution in [0.5, 0.6) is 5.75 Å². The van der Waals surface area contributed by atoms with E-state index in [0.29, 0.717) is 11.5 Å². The highest BCUT2D eigenvalue weighted by Gasteiger charge is 2.18. The van der Waals surface area contributed by atoms with Crippen molar-refractivity contribution in [1.82, 2.24) is 19.9 Å². The molecule has 0 atom stereocenters. The molecule has 1 aliphatic rings. The summed E-state index contributed by atoms with van der Waals surface area (Å²) in [5, 5.41) is 11.5. The molecule has 8 nitrogen and oxygen atoms in total. The van der Waals surface area contributed by atoms with Gasteiger partial charge in [0.05, 0.1) is 26.0 Å². The highest BCUT2D eigenvalue weighted by atomic mass is 16.5. The molecule has 0 spiro atoms. The highest BCUT2D eigenvalue weighted by Crippen LogP contribution is 2.21. The molecule has 8 heteroatoms. The molecule has 26 heavy (non-hydrogen) atoms. The molecule has 0 bridgehead atoms. The van der Waals surface area contributed by atoms with Gasteiger partial charge >= 0.3 is 0 Å². The van der Waals surface area contributed by atoms with Crippen LogP contribution in [-0.2, 0) is 4.74 Å². The Morgan fingerprint density at radius 2 is 2.00 bits per heavy atom. The summed E-state index contributed by atoms with van der Waals surface area (Å²) >= 11 is 0. The Morgan fingerprint density at radius 1 is 1.27 bits per heavy atom. The topological polar surface area (TPSA) is 81.5 Å². The smallest absolute Gasteiger partial charge is 0.183 e. The summed E-state index contributed by atoms with van der Waals surface area (Å²) in [6.45, 7) is 6.79. The molecule has 1 aromatic carbocycles. The molecule has 0 saturated carbocycles. The monoisotopic (exact) mass is 359 g/mol. The summed E-state index contributed by atoms with van der Waals surface area (Å²) < 4.78 is 12.2. The zero-order chi connectivity index (χ0) is 18.4. The van der Waals surface area contributed by atoms with Crippen molar-refractivity contribution in [3.05, 3.63) is 30.0 Å². The largest absolute Gasteiger partial charge is 0.497 e. The molecule has 1 aliphatic heterocycles. The molecule has 3 rings (SSSR count). The van der Waals surface area contributed by atoms with Crippen LogP contribution in [0.1, 0.15) is 23.8 Å². The first kappa shape index (κ1) is 18.3. The second kappa shape index (κ2) is 8.77. The average Bonchev–Trinajstić information content (AvgIpc) is 3.10. The van der Waals surface area contributed by atoms with E-state index in [2.05, 4.69) is 20.5 Å². The second-order valence-electron chi connectivity index (χ2n) is 6.19. The van der Waals surface area contributed by atoms with E-state index in [9.17, 15) is 4.79 Å². The van der Waals surface area contributed by atoms with Crippen LogP contribution >= 0.6 is 0 Å². The molecule has 1 aromatic heterocycles. The molecule has 1 fully saturated rings. The van der Waals surface area contributed by atoms with Crippen molar-refractivity contribution >= 4 is 11.6 Å². The van der Waals surface area contributed by atoms with Crippen molar-refractivity contribution in [2.75, 3.05) is 51.8 Å². The second-order valence-corrected chi connectivity index (χ2v) is 6.19. The number of carbonyl (C=O) groups excluding carboxylic acids is 1. The average molecular weight is 359 g/mol. The van der Waals surface area contributed by atoms with Crippen LogP contribution in [0.15, 0.2) is 24.3 Å². The fourth-order valence-corrected chi connectivity index (χ4v) is 2.92. The summed E-state index contributed by atoms with van der Waals surface area (Å²) in [6, 6.07) is 7.48. The Labute approximate surface area is 153 Å². The van der Waals surface area contributed by atoms with Gasteiger partial charge in [-0.25, -0.2) is 0 Å². The maximum atomic E-state index is 11.9. The van der Waals surface area contributed by atoms with Crippen molar-refractivity contribution in [1.29, 1.82) is 0 Å². The number of benzene rings is 1. The molecule has 0 radical (unpaired) electrons. The summed E-state index contributed by atoms with van der Waals surface area (Å²) in [5.74, 6) is 1.28. The zero-order valence-electron chi connectivity index (χ0n) is 15.3. The van der Waals surface area contributed by atoms with Gasteiger partial charge in [-0.1, -0.05) is 5.21 Å². The molecule has 2 heterocycles. The molecular weight excluding hydrogens is 334 g/mol. The molecule has 0 amide bonds. The van der Waals surface area contributed by atoms with E-state index >= 15 is 0 Å². The first-order valence-corrected chi connectivity index (χ1v) is 8.84. The maximum Gasteiger partial charge on any atom is 0.183 e. The third kappa shape index (κ3) is 4.39. The van der Waals surface area contributed by atoms with Crippen molar-refractivity contribution < 1.29 is 14.3 Å². The summed E-state index contributed by atoms with van der Waals surface area (Å²) in [4.78, 5) is 14.3. The Bertz CT molecular complexity index is 723. The van der Waals surface area contributed by atoms with Crippen molar-refractivity contribution in [3.63, 3.8) is 0 Å². The van der Waals surface area contributed by atoms with Crippen LogP contribution in [0, 0.1) is 0 Å². The van der Waals surface area contributed by atoms with Gasteiger partial charge in [0.1, 0.15) is 5.75 Å². The number of methoxy groups -OCH3 is 1. The summed E-state index contributed by atoms with van der Waals surface area (Å²) in [5.41, 5.74) is 1.17. The fraction of sp³-hybridized carbons (Fsp3) is 0.500. The Hall–Kier alpha value is -2.45. The van der Waals surface area contributed by atoms with E-state index in [1.165, 1.54) is 6.92 Å². The molecule has 2 aromatic rings. The Balaban J connectivity index is 1.67. The quantitative estimate of drug-likeness (QED) is 0.566. The van der Waals surface area contributed by atoms with E-state index < -0.39 is 0 Å². The number of carbonyl (C=O) groups is 1. The van der Waals surface area contributed by atoms with Gasteiger partial charge in [-0.3, -0.25) is 9.69 Å². The zero-order valence-corrected chi connectivity index (χ0v) is 15.3. The lowest BCUT2D eigenvalue weighted by Crippen LogP contribution is -2.37. The number of ketones is 1. The van der Waals surface area contributed by atoms with E-state index in [1.54, 1.807) is 11.8 Å². The third-order valence-corrected chi connectivity index (χ3v) is 4.37. The minimum Gasteiger partial charge on any atom is -0.497 e. The lowest BCUT2D eigenvalue weighted by atomic mass is 10.2. The van der Waals surface area contributed by atoms with Crippen LogP contribution in [0.4, 0.5) is 5.82 Å². The van der Waals surface area contributed by atoms with Gasteiger partial charge in [0.25, 0.3) is 0 Å². The molecule has 0 aliphatic carbocycles. The molecular formula is C18H25N5O3. The normalized spacial score (nSPS) is 15.0. The van der Waals surface area contributed by atoms with Crippen LogP contribution < -0.4 is 10.1 Å². The minimum atomic E-state index is -0.111. The lowest BCUT2D eigenvalue weighted by molar-refractivity contribution is 0.0378. The number of anilines is 1. The SMILES string of the molecule is COc1ccc(-n2nnc(C(C)=O)c2NCCCN2CCOCC2)cc1. The molecule has 140 valence electrons. The van der Waals surface area contributed by atoms with Crippen LogP contribution in [0.3, 0.4) is 0 Å². The van der Waals surface area contributed by atoms with Crippen molar-refractivity contribution in [3.8, 4) is 11.4 Å². The number of nitrogens with zero attached hydrogens (tertiary/aromatic N) is 4. The van der Waals surface area contributed by atoms with E-state index in [1.807, 2.05) is 24.3 Å². The van der Waals surface area contributed by atoms with E-state index in [-0.39, 0.29) is 5.78 Å². The highest BCUT2D eigenvalue weighted by molar-refractivity contribution is 5.96. The predicted octanol–water partition coefficient (Wildman–Crippen LogP) is 1.61. The molecule has 1 saturated heterocycles. The van der Waals surface area contributed by atoms with Crippen LogP contribution in [0.25, 0.3) is 5.69 Å².